The molecule has 4 nitrogen and oxygen atoms in total. The Labute approximate surface area is 230 Å². The van der Waals surface area contributed by atoms with Crippen LogP contribution >= 0.6 is 22.9 Å². The highest BCUT2D eigenvalue weighted by Gasteiger charge is 2.18. The van der Waals surface area contributed by atoms with Crippen molar-refractivity contribution in [1.29, 1.82) is 0 Å². The van der Waals surface area contributed by atoms with Gasteiger partial charge in [-0.15, -0.1) is 11.3 Å². The molecule has 188 valence electrons. The van der Waals surface area contributed by atoms with Crippen molar-refractivity contribution in [1.82, 2.24) is 14.7 Å². The van der Waals surface area contributed by atoms with Crippen molar-refractivity contribution in [3.05, 3.63) is 120 Å². The summed E-state index contributed by atoms with van der Waals surface area (Å²) in [7, 11) is 0. The van der Waals surface area contributed by atoms with Gasteiger partial charge >= 0.3 is 0 Å². The van der Waals surface area contributed by atoms with Crippen molar-refractivity contribution in [2.75, 3.05) is 0 Å². The highest BCUT2D eigenvalue weighted by Crippen LogP contribution is 2.35. The second kappa shape index (κ2) is 10.4. The number of thiophene rings is 1. The number of aromatic nitrogens is 2. The van der Waals surface area contributed by atoms with Crippen LogP contribution in [0.3, 0.4) is 0 Å². The molecule has 0 radical (unpaired) electrons. The Kier molecular flexibility index (Phi) is 6.71. The first-order chi connectivity index (χ1) is 18.5. The lowest BCUT2D eigenvalue weighted by atomic mass is 10.1. The van der Waals surface area contributed by atoms with E-state index in [0.29, 0.717) is 17.9 Å². The average molecular weight is 536 g/mol. The van der Waals surface area contributed by atoms with Crippen LogP contribution in [-0.4, -0.2) is 15.3 Å². The Hall–Kier alpha value is -3.93. The average Bonchev–Trinajstić information content (AvgIpc) is 3.54. The molecule has 3 aromatic heterocycles. The van der Waals surface area contributed by atoms with Gasteiger partial charge in [0.15, 0.2) is 0 Å². The van der Waals surface area contributed by atoms with E-state index in [1.54, 1.807) is 11.3 Å². The van der Waals surface area contributed by atoms with E-state index in [9.17, 15) is 4.79 Å². The van der Waals surface area contributed by atoms with E-state index in [4.69, 9.17) is 16.6 Å². The van der Waals surface area contributed by atoms with E-state index in [0.717, 1.165) is 33.7 Å². The predicted molar refractivity (Wildman–Crippen MR) is 158 cm³/mol. The topological polar surface area (TPSA) is 46.4 Å². The zero-order valence-electron chi connectivity index (χ0n) is 20.9. The molecule has 38 heavy (non-hydrogen) atoms. The van der Waals surface area contributed by atoms with Gasteiger partial charge in [-0.3, -0.25) is 4.79 Å². The van der Waals surface area contributed by atoms with Crippen molar-refractivity contribution < 1.29 is 4.79 Å². The molecule has 0 unspecified atom stereocenters. The molecule has 6 aromatic rings. The Morgan fingerprint density at radius 2 is 1.68 bits per heavy atom. The van der Waals surface area contributed by atoms with Crippen molar-refractivity contribution in [2.45, 2.75) is 25.8 Å². The third-order valence-corrected chi connectivity index (χ3v) is 8.23. The number of benzene rings is 3. The molecule has 1 N–H and O–H groups in total. The molecule has 0 aliphatic heterocycles. The van der Waals surface area contributed by atoms with Crippen molar-refractivity contribution in [3.63, 3.8) is 0 Å². The van der Waals surface area contributed by atoms with E-state index in [2.05, 4.69) is 58.4 Å². The number of imidazole rings is 1. The van der Waals surface area contributed by atoms with Crippen LogP contribution < -0.4 is 5.32 Å². The smallest absolute Gasteiger partial charge is 0.220 e. The highest BCUT2D eigenvalue weighted by atomic mass is 35.5. The number of carbonyl (C=O) groups excluding carboxylic acids is 1. The molecule has 3 aromatic carbocycles. The van der Waals surface area contributed by atoms with Gasteiger partial charge in [0.1, 0.15) is 5.65 Å². The number of hydrogen-bond donors (Lipinski definition) is 1. The molecule has 0 fully saturated rings. The van der Waals surface area contributed by atoms with Gasteiger partial charge in [0, 0.05) is 38.3 Å². The lowest BCUT2D eigenvalue weighted by Gasteiger charge is -2.14. The van der Waals surface area contributed by atoms with E-state index in [1.807, 2.05) is 61.5 Å². The van der Waals surface area contributed by atoms with Gasteiger partial charge in [0.2, 0.25) is 5.91 Å². The normalized spacial score (nSPS) is 12.2. The van der Waals surface area contributed by atoms with E-state index < -0.39 is 0 Å². The quantitative estimate of drug-likeness (QED) is 0.223. The lowest BCUT2D eigenvalue weighted by molar-refractivity contribution is -0.121. The first-order valence-corrected chi connectivity index (χ1v) is 13.8. The molecule has 0 aliphatic rings. The second-order valence-electron chi connectivity index (χ2n) is 9.41. The number of rotatable bonds is 7. The number of hydrogen-bond acceptors (Lipinski definition) is 3. The zero-order chi connectivity index (χ0) is 26.1. The summed E-state index contributed by atoms with van der Waals surface area (Å²) in [4.78, 5) is 19.2. The van der Waals surface area contributed by atoms with Crippen LogP contribution in [0.15, 0.2) is 103 Å². The number of halogens is 1. The highest BCUT2D eigenvalue weighted by molar-refractivity contribution is 7.22. The molecule has 0 spiro atoms. The maximum absolute atomic E-state index is 13.0. The largest absolute Gasteiger partial charge is 0.350 e. The van der Waals surface area contributed by atoms with Gasteiger partial charge < -0.3 is 9.72 Å². The summed E-state index contributed by atoms with van der Waals surface area (Å²) in [5.74, 6) is 0.0130. The Balaban J connectivity index is 1.34. The zero-order valence-corrected chi connectivity index (χ0v) is 22.5. The molecule has 1 amide bonds. The maximum atomic E-state index is 13.0. The van der Waals surface area contributed by atoms with Gasteiger partial charge in [-0.1, -0.05) is 72.3 Å². The molecule has 0 saturated carbocycles. The summed E-state index contributed by atoms with van der Waals surface area (Å²) in [6, 6.07) is 32.5. The molecule has 0 bridgehead atoms. The Bertz CT molecular complexity index is 1710. The van der Waals surface area contributed by atoms with Crippen LogP contribution in [0.4, 0.5) is 0 Å². The van der Waals surface area contributed by atoms with Crippen LogP contribution in [0.1, 0.15) is 30.6 Å². The van der Waals surface area contributed by atoms with Crippen molar-refractivity contribution in [3.8, 4) is 21.7 Å². The third-order valence-electron chi connectivity index (χ3n) is 6.81. The van der Waals surface area contributed by atoms with Crippen LogP contribution in [0.25, 0.3) is 37.4 Å². The second-order valence-corrected chi connectivity index (χ2v) is 10.9. The van der Waals surface area contributed by atoms with Gasteiger partial charge in [0.25, 0.3) is 0 Å². The van der Waals surface area contributed by atoms with Crippen molar-refractivity contribution in [2.24, 2.45) is 0 Å². The van der Waals surface area contributed by atoms with Crippen molar-refractivity contribution >= 4 is 44.6 Å². The minimum atomic E-state index is -0.0545. The van der Waals surface area contributed by atoms with E-state index in [1.165, 1.54) is 15.0 Å². The number of carbonyl (C=O) groups is 1. The fourth-order valence-corrected chi connectivity index (χ4v) is 5.99. The Morgan fingerprint density at radius 1 is 0.947 bits per heavy atom. The summed E-state index contributed by atoms with van der Waals surface area (Å²) in [5, 5.41) is 5.06. The number of aryl methyl sites for hydroxylation is 1. The molecular formula is C32H26ClN3OS. The summed E-state index contributed by atoms with van der Waals surface area (Å²) >= 11 is 7.94. The summed E-state index contributed by atoms with van der Waals surface area (Å²) in [6.45, 7) is 2.01. The first-order valence-electron chi connectivity index (χ1n) is 12.7. The minimum Gasteiger partial charge on any atom is -0.350 e. The van der Waals surface area contributed by atoms with Crippen LogP contribution in [0, 0.1) is 0 Å². The first kappa shape index (κ1) is 24.4. The van der Waals surface area contributed by atoms with Crippen LogP contribution in [0.5, 0.6) is 0 Å². The van der Waals surface area contributed by atoms with Crippen LogP contribution in [0.2, 0.25) is 5.02 Å². The third kappa shape index (κ3) is 4.95. The molecule has 6 rings (SSSR count). The molecule has 3 heterocycles. The number of nitrogens with one attached hydrogen (secondary N) is 1. The number of nitrogens with zero attached hydrogens (tertiary/aromatic N) is 2. The molecule has 1 atom stereocenters. The SMILES string of the molecule is C[C@@H](NC(=O)CCc1c(-c2ccc(Cl)cc2)nc2ccc(-c3cc4ccccc4s3)cn12)c1ccccc1. The fraction of sp³-hybridized carbons (Fsp3) is 0.125. The van der Waals surface area contributed by atoms with E-state index in [-0.39, 0.29) is 11.9 Å². The Morgan fingerprint density at radius 3 is 2.47 bits per heavy atom. The molecule has 6 heteroatoms. The molecule has 0 aliphatic carbocycles. The van der Waals surface area contributed by atoms with Gasteiger partial charge in [-0.2, -0.15) is 0 Å². The van der Waals surface area contributed by atoms with Crippen LogP contribution in [-0.2, 0) is 11.2 Å². The predicted octanol–water partition coefficient (Wildman–Crippen LogP) is 8.35. The fourth-order valence-electron chi connectivity index (χ4n) is 4.81. The van der Waals surface area contributed by atoms with Gasteiger partial charge in [0.05, 0.1) is 17.4 Å². The van der Waals surface area contributed by atoms with Gasteiger partial charge in [-0.25, -0.2) is 4.98 Å². The summed E-state index contributed by atoms with van der Waals surface area (Å²) in [5.41, 5.74) is 5.93. The minimum absolute atomic E-state index is 0.0130. The maximum Gasteiger partial charge on any atom is 0.220 e. The number of amides is 1. The monoisotopic (exact) mass is 535 g/mol. The summed E-state index contributed by atoms with van der Waals surface area (Å²) in [6.07, 6.45) is 3.06. The lowest BCUT2D eigenvalue weighted by Crippen LogP contribution is -2.26. The van der Waals surface area contributed by atoms with Gasteiger partial charge in [-0.05, 0) is 60.7 Å². The number of fused-ring (bicyclic) bond motifs is 2. The number of pyridine rings is 1. The van der Waals surface area contributed by atoms with E-state index >= 15 is 0 Å². The molecular weight excluding hydrogens is 510 g/mol. The molecule has 0 saturated heterocycles. The standard InChI is InChI=1S/C32H26ClN3OS/c1-21(22-7-3-2-4-8-22)34-31(37)18-16-27-32(23-11-14-26(33)15-12-23)35-30-17-13-25(20-36(27)30)29-19-24-9-5-6-10-28(24)38-29/h2-15,17,19-21H,16,18H2,1H3,(H,34,37)/t21-/m1/s1. The summed E-state index contributed by atoms with van der Waals surface area (Å²) < 4.78 is 3.40.